The van der Waals surface area contributed by atoms with E-state index in [0.29, 0.717) is 29.9 Å². The zero-order valence-electron chi connectivity index (χ0n) is 14.8. The van der Waals surface area contributed by atoms with Gasteiger partial charge in [-0.3, -0.25) is 4.79 Å². The molecule has 1 aliphatic carbocycles. The average molecular weight is 334 g/mol. The summed E-state index contributed by atoms with van der Waals surface area (Å²) in [7, 11) is 1.57. The third-order valence-electron chi connectivity index (χ3n) is 5.86. The maximum absolute atomic E-state index is 11.5. The number of ether oxygens (including phenoxy) is 3. The van der Waals surface area contributed by atoms with Crippen molar-refractivity contribution in [3.63, 3.8) is 0 Å². The van der Waals surface area contributed by atoms with Gasteiger partial charge >= 0.3 is 0 Å². The minimum absolute atomic E-state index is 0.132. The lowest BCUT2D eigenvalue weighted by molar-refractivity contribution is -0.138. The summed E-state index contributed by atoms with van der Waals surface area (Å²) in [4.78, 5) is 11.5. The summed E-state index contributed by atoms with van der Waals surface area (Å²) in [5, 5.41) is 10.5. The van der Waals surface area contributed by atoms with Crippen LogP contribution in [0.4, 0.5) is 0 Å². The highest BCUT2D eigenvalue weighted by Crippen LogP contribution is 2.54. The molecule has 0 amide bonds. The maximum atomic E-state index is 11.5. The number of hydrogen-bond acceptors (Lipinski definition) is 5. The van der Waals surface area contributed by atoms with Crippen LogP contribution in [0, 0.1) is 11.3 Å². The molecule has 1 heterocycles. The number of fused-ring (bicyclic) bond motifs is 2. The molecule has 0 aromatic heterocycles. The summed E-state index contributed by atoms with van der Waals surface area (Å²) >= 11 is 0. The molecule has 1 fully saturated rings. The minimum atomic E-state index is -0.395. The van der Waals surface area contributed by atoms with Crippen molar-refractivity contribution in [1.29, 1.82) is 0 Å². The van der Waals surface area contributed by atoms with Gasteiger partial charge in [-0.05, 0) is 43.7 Å². The Morgan fingerprint density at radius 3 is 2.79 bits per heavy atom. The summed E-state index contributed by atoms with van der Waals surface area (Å²) in [5.74, 6) is 1.42. The Hall–Kier alpha value is -1.59. The van der Waals surface area contributed by atoms with Crippen molar-refractivity contribution < 1.29 is 24.1 Å². The molecule has 0 bridgehead atoms. The van der Waals surface area contributed by atoms with Crippen molar-refractivity contribution in [1.82, 2.24) is 0 Å². The van der Waals surface area contributed by atoms with Crippen molar-refractivity contribution in [2.24, 2.45) is 11.3 Å². The van der Waals surface area contributed by atoms with Crippen molar-refractivity contribution >= 4 is 6.29 Å². The van der Waals surface area contributed by atoms with Gasteiger partial charge in [0.25, 0.3) is 0 Å². The highest BCUT2D eigenvalue weighted by Gasteiger charge is 2.55. The molecule has 1 aromatic rings. The summed E-state index contributed by atoms with van der Waals surface area (Å²) in [6.45, 7) is 6.41. The molecular weight excluding hydrogens is 308 g/mol. The smallest absolute Gasteiger partial charge is 0.188 e. The van der Waals surface area contributed by atoms with Gasteiger partial charge in [-0.25, -0.2) is 0 Å². The number of aldehydes is 1. The Balaban J connectivity index is 2.08. The number of methoxy groups -OCH3 is 1. The van der Waals surface area contributed by atoms with Gasteiger partial charge < -0.3 is 19.3 Å². The van der Waals surface area contributed by atoms with E-state index >= 15 is 0 Å². The molecule has 1 N–H and O–H groups in total. The fourth-order valence-electron chi connectivity index (χ4n) is 4.32. The Bertz CT molecular complexity index is 639. The molecule has 132 valence electrons. The van der Waals surface area contributed by atoms with Crippen LogP contribution in [-0.2, 0) is 11.2 Å². The molecule has 1 saturated carbocycles. The molecule has 0 saturated heterocycles. The van der Waals surface area contributed by atoms with E-state index in [1.54, 1.807) is 19.2 Å². The van der Waals surface area contributed by atoms with E-state index in [4.69, 9.17) is 14.2 Å². The van der Waals surface area contributed by atoms with E-state index in [2.05, 4.69) is 20.8 Å². The van der Waals surface area contributed by atoms with E-state index < -0.39 is 5.60 Å². The lowest BCUT2D eigenvalue weighted by Gasteiger charge is -2.55. The van der Waals surface area contributed by atoms with E-state index in [-0.39, 0.29) is 24.2 Å². The van der Waals surface area contributed by atoms with Crippen LogP contribution in [0.5, 0.6) is 11.5 Å². The van der Waals surface area contributed by atoms with Gasteiger partial charge in [-0.15, -0.1) is 0 Å². The van der Waals surface area contributed by atoms with Crippen LogP contribution in [0.2, 0.25) is 0 Å². The summed E-state index contributed by atoms with van der Waals surface area (Å²) in [6, 6.07) is 3.52. The molecule has 5 nitrogen and oxygen atoms in total. The van der Waals surface area contributed by atoms with Crippen LogP contribution < -0.4 is 9.47 Å². The van der Waals surface area contributed by atoms with Crippen LogP contribution in [0.1, 0.15) is 49.5 Å². The first-order valence-corrected chi connectivity index (χ1v) is 8.43. The Morgan fingerprint density at radius 2 is 2.12 bits per heavy atom. The standard InChI is InChI=1S/C19H26O5/c1-18(2)15-9-13-14(23-11-22-4)6-5-12(10-20)17(13)24-19(15,3)8-7-16(18)21/h5-6,10,15-16,21H,7-9,11H2,1-4H3/t15-,16-,19-/m1/s1. The van der Waals surface area contributed by atoms with Gasteiger partial charge in [0, 0.05) is 18.6 Å². The van der Waals surface area contributed by atoms with Crippen LogP contribution >= 0.6 is 0 Å². The molecule has 0 unspecified atom stereocenters. The molecule has 3 atom stereocenters. The van der Waals surface area contributed by atoms with Gasteiger partial charge in [0.1, 0.15) is 17.1 Å². The zero-order valence-corrected chi connectivity index (χ0v) is 14.8. The van der Waals surface area contributed by atoms with Gasteiger partial charge in [0.05, 0.1) is 11.7 Å². The normalized spacial score (nSPS) is 30.7. The van der Waals surface area contributed by atoms with E-state index in [1.807, 2.05) is 0 Å². The predicted octanol–water partition coefficient (Wildman–Crippen LogP) is 2.97. The molecular formula is C19H26O5. The highest BCUT2D eigenvalue weighted by molar-refractivity contribution is 5.81. The number of aliphatic hydroxyl groups is 1. The molecule has 0 radical (unpaired) electrons. The largest absolute Gasteiger partial charge is 0.486 e. The fourth-order valence-corrected chi connectivity index (χ4v) is 4.32. The number of aliphatic hydroxyl groups excluding tert-OH is 1. The number of carbonyl (C=O) groups is 1. The lowest BCUT2D eigenvalue weighted by Crippen LogP contribution is -2.58. The number of hydrogen-bond donors (Lipinski definition) is 1. The molecule has 24 heavy (non-hydrogen) atoms. The van der Waals surface area contributed by atoms with Crippen LogP contribution in [-0.4, -0.2) is 37.0 Å². The Morgan fingerprint density at radius 1 is 1.38 bits per heavy atom. The number of rotatable bonds is 4. The number of carbonyl (C=O) groups excluding carboxylic acids is 1. The van der Waals surface area contributed by atoms with Crippen LogP contribution in [0.15, 0.2) is 12.1 Å². The first-order valence-electron chi connectivity index (χ1n) is 8.43. The SMILES string of the molecule is COCOc1ccc(C=O)c2c1C[C@@H]1C(C)(C)[C@H](O)CC[C@@]1(C)O2. The minimum Gasteiger partial charge on any atom is -0.486 e. The molecule has 2 aliphatic rings. The van der Waals surface area contributed by atoms with Crippen molar-refractivity contribution in [3.05, 3.63) is 23.3 Å². The summed E-state index contributed by atoms with van der Waals surface area (Å²) < 4.78 is 17.1. The second-order valence-electron chi connectivity index (χ2n) is 7.68. The topological polar surface area (TPSA) is 65.0 Å². The molecule has 0 spiro atoms. The first kappa shape index (κ1) is 17.2. The number of benzene rings is 1. The van der Waals surface area contributed by atoms with E-state index in [9.17, 15) is 9.90 Å². The second-order valence-corrected chi connectivity index (χ2v) is 7.68. The van der Waals surface area contributed by atoms with Crippen LogP contribution in [0.3, 0.4) is 0 Å². The Kier molecular flexibility index (Phi) is 4.34. The molecule has 5 heteroatoms. The molecule has 3 rings (SSSR count). The Labute approximate surface area is 142 Å². The zero-order chi connectivity index (χ0) is 17.5. The van der Waals surface area contributed by atoms with Crippen molar-refractivity contribution in [3.8, 4) is 11.5 Å². The summed E-state index contributed by atoms with van der Waals surface area (Å²) in [6.07, 6.45) is 2.63. The lowest BCUT2D eigenvalue weighted by atomic mass is 9.57. The summed E-state index contributed by atoms with van der Waals surface area (Å²) in [5.41, 5.74) is 0.757. The quantitative estimate of drug-likeness (QED) is 0.677. The van der Waals surface area contributed by atoms with Gasteiger partial charge in [0.15, 0.2) is 13.1 Å². The highest BCUT2D eigenvalue weighted by atomic mass is 16.7. The van der Waals surface area contributed by atoms with Gasteiger partial charge in [-0.1, -0.05) is 13.8 Å². The van der Waals surface area contributed by atoms with Crippen LogP contribution in [0.25, 0.3) is 0 Å². The maximum Gasteiger partial charge on any atom is 0.188 e. The predicted molar refractivity (Wildman–Crippen MR) is 89.6 cm³/mol. The van der Waals surface area contributed by atoms with Gasteiger partial charge in [0.2, 0.25) is 0 Å². The molecule has 1 aliphatic heterocycles. The van der Waals surface area contributed by atoms with Gasteiger partial charge in [-0.2, -0.15) is 0 Å². The second kappa shape index (κ2) is 6.05. The first-order chi connectivity index (χ1) is 11.3. The fraction of sp³-hybridized carbons (Fsp3) is 0.632. The molecule has 1 aromatic carbocycles. The third kappa shape index (κ3) is 2.60. The monoisotopic (exact) mass is 334 g/mol. The third-order valence-corrected chi connectivity index (χ3v) is 5.86. The van der Waals surface area contributed by atoms with Crippen molar-refractivity contribution in [2.45, 2.75) is 51.7 Å². The average Bonchev–Trinajstić information content (AvgIpc) is 2.55. The van der Waals surface area contributed by atoms with E-state index in [0.717, 1.165) is 18.3 Å². The van der Waals surface area contributed by atoms with E-state index in [1.165, 1.54) is 0 Å². The van der Waals surface area contributed by atoms with Crippen molar-refractivity contribution in [2.75, 3.05) is 13.9 Å².